The van der Waals surface area contributed by atoms with Crippen LogP contribution in [0.1, 0.15) is 18.4 Å². The van der Waals surface area contributed by atoms with E-state index in [0.29, 0.717) is 28.9 Å². The Bertz CT molecular complexity index is 1280. The number of hydrogen-bond donors (Lipinski definition) is 5. The first-order valence-corrected chi connectivity index (χ1v) is 10.6. The normalized spacial score (nSPS) is 14.4. The molecule has 0 spiro atoms. The molecule has 1 aliphatic rings. The maximum atomic E-state index is 11.4. The van der Waals surface area contributed by atoms with Crippen LogP contribution < -0.4 is 27.0 Å². The van der Waals surface area contributed by atoms with Gasteiger partial charge in [-0.1, -0.05) is 0 Å². The van der Waals surface area contributed by atoms with Crippen LogP contribution in [0.3, 0.4) is 0 Å². The zero-order chi connectivity index (χ0) is 21.9. The van der Waals surface area contributed by atoms with Gasteiger partial charge in [0.1, 0.15) is 11.6 Å². The lowest BCUT2D eigenvalue weighted by atomic mass is 10.1. The number of fused-ring (bicyclic) bond motifs is 1. The number of H-pyrrole nitrogens is 1. The summed E-state index contributed by atoms with van der Waals surface area (Å²) < 4.78 is 5.05. The van der Waals surface area contributed by atoms with Gasteiger partial charge in [0.2, 0.25) is 5.95 Å². The molecule has 1 aromatic carbocycles. The van der Waals surface area contributed by atoms with Crippen molar-refractivity contribution in [1.29, 1.82) is 0 Å². The minimum atomic E-state index is -0.479. The van der Waals surface area contributed by atoms with Crippen LogP contribution in [-0.2, 0) is 0 Å². The molecule has 0 atom stereocenters. The van der Waals surface area contributed by atoms with Gasteiger partial charge in [0.05, 0.1) is 17.4 Å². The van der Waals surface area contributed by atoms with Crippen molar-refractivity contribution in [1.82, 2.24) is 25.3 Å². The first-order valence-electron chi connectivity index (χ1n) is 10.6. The molecule has 0 amide bonds. The Labute approximate surface area is 183 Å². The summed E-state index contributed by atoms with van der Waals surface area (Å²) in [6.45, 7) is 3.99. The van der Waals surface area contributed by atoms with Gasteiger partial charge in [0.25, 0.3) is 0 Å². The number of aryl methyl sites for hydroxylation is 1. The summed E-state index contributed by atoms with van der Waals surface area (Å²) in [5, 5.41) is 13.3. The van der Waals surface area contributed by atoms with Crippen LogP contribution in [0, 0.1) is 6.92 Å². The first-order chi connectivity index (χ1) is 15.6. The fourth-order valence-corrected chi connectivity index (χ4v) is 3.65. The Morgan fingerprint density at radius 2 is 1.88 bits per heavy atom. The third-order valence-corrected chi connectivity index (χ3v) is 5.36. The van der Waals surface area contributed by atoms with Crippen molar-refractivity contribution in [2.24, 2.45) is 0 Å². The summed E-state index contributed by atoms with van der Waals surface area (Å²) in [6, 6.07) is 9.72. The van der Waals surface area contributed by atoms with Gasteiger partial charge in [-0.2, -0.15) is 4.98 Å². The highest BCUT2D eigenvalue weighted by Gasteiger charge is 2.13. The minimum absolute atomic E-state index is 0.454. The number of rotatable bonds is 6. The zero-order valence-corrected chi connectivity index (χ0v) is 17.6. The quantitative estimate of drug-likeness (QED) is 0.311. The molecule has 10 heteroatoms. The number of nitrogens with one attached hydrogen (secondary N) is 5. The lowest BCUT2D eigenvalue weighted by Gasteiger charge is -2.24. The lowest BCUT2D eigenvalue weighted by molar-refractivity contribution is 0.478. The number of aromatic amines is 1. The van der Waals surface area contributed by atoms with E-state index in [1.165, 1.54) is 0 Å². The second kappa shape index (κ2) is 8.67. The predicted molar refractivity (Wildman–Crippen MR) is 124 cm³/mol. The topological polar surface area (TPSA) is 133 Å². The van der Waals surface area contributed by atoms with E-state index in [0.717, 1.165) is 48.7 Å². The molecule has 3 aromatic heterocycles. The molecule has 0 bridgehead atoms. The molecule has 4 aromatic rings. The summed E-state index contributed by atoms with van der Waals surface area (Å²) in [4.78, 5) is 27.5. The van der Waals surface area contributed by atoms with Crippen LogP contribution in [0.2, 0.25) is 0 Å². The molecular formula is C22H24N8O2. The highest BCUT2D eigenvalue weighted by atomic mass is 16.4. The molecule has 1 fully saturated rings. The second-order valence-electron chi connectivity index (χ2n) is 7.80. The molecule has 5 rings (SSSR count). The summed E-state index contributed by atoms with van der Waals surface area (Å²) in [5.74, 6) is 1.50. The van der Waals surface area contributed by atoms with E-state index in [4.69, 9.17) is 4.42 Å². The molecule has 1 saturated heterocycles. The molecule has 0 unspecified atom stereocenters. The molecule has 0 aliphatic carbocycles. The van der Waals surface area contributed by atoms with Crippen LogP contribution >= 0.6 is 0 Å². The largest absolute Gasteiger partial charge is 0.417 e. The number of pyridine rings is 1. The Hall–Kier alpha value is -3.92. The number of oxazole rings is 1. The van der Waals surface area contributed by atoms with Gasteiger partial charge in [-0.15, -0.1) is 0 Å². The number of benzene rings is 1. The number of hydrogen-bond acceptors (Lipinski definition) is 9. The van der Waals surface area contributed by atoms with E-state index in [1.807, 2.05) is 25.1 Å². The number of piperidine rings is 1. The van der Waals surface area contributed by atoms with Gasteiger partial charge in [0.15, 0.2) is 5.58 Å². The fourth-order valence-electron chi connectivity index (χ4n) is 3.65. The number of nitrogens with zero attached hydrogens (tertiary/aromatic N) is 3. The average molecular weight is 432 g/mol. The maximum absolute atomic E-state index is 11.4. The van der Waals surface area contributed by atoms with Crippen molar-refractivity contribution in [3.8, 4) is 0 Å². The Balaban J connectivity index is 1.28. The zero-order valence-electron chi connectivity index (χ0n) is 17.6. The SMILES string of the molecule is Cc1cnc(Nc2ccc(NC3CCNCC3)nc2)nc1Nc1ccc2oc(=O)[nH]c2c1. The van der Waals surface area contributed by atoms with Crippen molar-refractivity contribution in [2.75, 3.05) is 29.0 Å². The summed E-state index contributed by atoms with van der Waals surface area (Å²) in [7, 11) is 0. The van der Waals surface area contributed by atoms with Gasteiger partial charge < -0.3 is 25.7 Å². The highest BCUT2D eigenvalue weighted by Crippen LogP contribution is 2.23. The average Bonchev–Trinajstić information content (AvgIpc) is 3.17. The number of anilines is 5. The van der Waals surface area contributed by atoms with Gasteiger partial charge in [-0.25, -0.2) is 14.8 Å². The third-order valence-electron chi connectivity index (χ3n) is 5.36. The van der Waals surface area contributed by atoms with E-state index < -0.39 is 5.76 Å². The molecule has 0 saturated carbocycles. The van der Waals surface area contributed by atoms with Gasteiger partial charge in [-0.05, 0) is 63.2 Å². The van der Waals surface area contributed by atoms with E-state index in [9.17, 15) is 4.79 Å². The van der Waals surface area contributed by atoms with Crippen molar-refractivity contribution in [3.05, 3.63) is 58.8 Å². The first kappa shape index (κ1) is 20.0. The van der Waals surface area contributed by atoms with Gasteiger partial charge >= 0.3 is 5.76 Å². The minimum Gasteiger partial charge on any atom is -0.408 e. The summed E-state index contributed by atoms with van der Waals surface area (Å²) in [6.07, 6.45) is 5.70. The van der Waals surface area contributed by atoms with Gasteiger partial charge in [0, 0.05) is 23.5 Å². The highest BCUT2D eigenvalue weighted by molar-refractivity contribution is 5.78. The Morgan fingerprint density at radius 1 is 1.03 bits per heavy atom. The monoisotopic (exact) mass is 432 g/mol. The van der Waals surface area contributed by atoms with Crippen LogP contribution in [0.4, 0.5) is 29.0 Å². The summed E-state index contributed by atoms with van der Waals surface area (Å²) in [5.41, 5.74) is 3.59. The molecule has 32 heavy (non-hydrogen) atoms. The van der Waals surface area contributed by atoms with Crippen LogP contribution in [0.5, 0.6) is 0 Å². The van der Waals surface area contributed by atoms with Crippen molar-refractivity contribution in [2.45, 2.75) is 25.8 Å². The van der Waals surface area contributed by atoms with Crippen LogP contribution in [0.15, 0.2) is 51.9 Å². The fraction of sp³-hybridized carbons (Fsp3) is 0.273. The van der Waals surface area contributed by atoms with E-state index in [-0.39, 0.29) is 0 Å². The molecule has 10 nitrogen and oxygen atoms in total. The van der Waals surface area contributed by atoms with Crippen molar-refractivity contribution >= 4 is 40.1 Å². The Kier molecular flexibility index (Phi) is 5.42. The van der Waals surface area contributed by atoms with E-state index in [1.54, 1.807) is 24.5 Å². The number of aromatic nitrogens is 4. The predicted octanol–water partition coefficient (Wildman–Crippen LogP) is 3.27. The molecule has 4 heterocycles. The van der Waals surface area contributed by atoms with E-state index in [2.05, 4.69) is 41.2 Å². The molecule has 5 N–H and O–H groups in total. The molecular weight excluding hydrogens is 408 g/mol. The smallest absolute Gasteiger partial charge is 0.408 e. The van der Waals surface area contributed by atoms with Crippen molar-refractivity contribution < 1.29 is 4.42 Å². The Morgan fingerprint density at radius 3 is 2.69 bits per heavy atom. The lowest BCUT2D eigenvalue weighted by Crippen LogP contribution is -2.35. The standard InChI is InChI=1S/C22H24N8O2/c1-13-11-25-21(28-16-3-5-19(24-12-16)26-14-6-8-23-9-7-14)30-20(13)27-15-2-4-18-17(10-15)29-22(31)32-18/h2-5,10-12,14,23H,6-9H2,1H3,(H,24,26)(H,29,31)(H2,25,27,28,30). The second-order valence-corrected chi connectivity index (χ2v) is 7.80. The van der Waals surface area contributed by atoms with Crippen LogP contribution in [0.25, 0.3) is 11.1 Å². The molecule has 164 valence electrons. The van der Waals surface area contributed by atoms with Crippen molar-refractivity contribution in [3.63, 3.8) is 0 Å². The maximum Gasteiger partial charge on any atom is 0.417 e. The summed E-state index contributed by atoms with van der Waals surface area (Å²) >= 11 is 0. The van der Waals surface area contributed by atoms with Gasteiger partial charge in [-0.3, -0.25) is 4.98 Å². The third kappa shape index (κ3) is 4.54. The molecule has 1 aliphatic heterocycles. The van der Waals surface area contributed by atoms with Crippen LogP contribution in [-0.4, -0.2) is 39.1 Å². The van der Waals surface area contributed by atoms with E-state index >= 15 is 0 Å². The molecule has 0 radical (unpaired) electrons.